The van der Waals surface area contributed by atoms with Gasteiger partial charge in [-0.1, -0.05) is 29.8 Å². The first-order chi connectivity index (χ1) is 10.7. The standard InChI is InChI=1S/C18H20N2O2/c1-3-22-18(21)20-10-8-14-11-13(2)6-7-16(14)17(20)15-5-4-9-19-12-15/h4-7,9,11-12,17H,3,8,10H2,1-2H3. The van der Waals surface area contributed by atoms with Crippen molar-refractivity contribution >= 4 is 6.09 Å². The average molecular weight is 296 g/mol. The van der Waals surface area contributed by atoms with Gasteiger partial charge in [-0.2, -0.15) is 0 Å². The first-order valence-corrected chi connectivity index (χ1v) is 7.63. The Hall–Kier alpha value is -2.36. The zero-order chi connectivity index (χ0) is 15.5. The molecule has 0 bridgehead atoms. The highest BCUT2D eigenvalue weighted by molar-refractivity contribution is 5.70. The molecule has 4 nitrogen and oxygen atoms in total. The van der Waals surface area contributed by atoms with Crippen LogP contribution in [0.15, 0.2) is 42.7 Å². The first kappa shape index (κ1) is 14.6. The molecule has 1 unspecified atom stereocenters. The summed E-state index contributed by atoms with van der Waals surface area (Å²) in [5.41, 5.74) is 4.72. The summed E-state index contributed by atoms with van der Waals surface area (Å²) in [5, 5.41) is 0. The fourth-order valence-corrected chi connectivity index (χ4v) is 3.06. The number of carbonyl (C=O) groups is 1. The van der Waals surface area contributed by atoms with E-state index in [-0.39, 0.29) is 12.1 Å². The maximum atomic E-state index is 12.3. The Morgan fingerprint density at radius 2 is 2.27 bits per heavy atom. The predicted octanol–water partition coefficient (Wildman–Crippen LogP) is 3.49. The van der Waals surface area contributed by atoms with Crippen molar-refractivity contribution in [1.82, 2.24) is 9.88 Å². The zero-order valence-corrected chi connectivity index (χ0v) is 13.0. The van der Waals surface area contributed by atoms with Gasteiger partial charge in [0, 0.05) is 18.9 Å². The fourth-order valence-electron chi connectivity index (χ4n) is 3.06. The molecule has 1 aromatic heterocycles. The van der Waals surface area contributed by atoms with E-state index in [4.69, 9.17) is 4.74 Å². The van der Waals surface area contributed by atoms with Gasteiger partial charge in [-0.15, -0.1) is 0 Å². The highest BCUT2D eigenvalue weighted by atomic mass is 16.6. The molecular weight excluding hydrogens is 276 g/mol. The molecule has 1 atom stereocenters. The second-order valence-electron chi connectivity index (χ2n) is 5.53. The lowest BCUT2D eigenvalue weighted by Crippen LogP contribution is -2.41. The highest BCUT2D eigenvalue weighted by Gasteiger charge is 2.32. The largest absolute Gasteiger partial charge is 0.450 e. The summed E-state index contributed by atoms with van der Waals surface area (Å²) >= 11 is 0. The highest BCUT2D eigenvalue weighted by Crippen LogP contribution is 2.35. The normalized spacial score (nSPS) is 17.0. The van der Waals surface area contributed by atoms with Crippen LogP contribution < -0.4 is 0 Å². The number of fused-ring (bicyclic) bond motifs is 1. The summed E-state index contributed by atoms with van der Waals surface area (Å²) in [4.78, 5) is 18.4. The number of pyridine rings is 1. The van der Waals surface area contributed by atoms with E-state index >= 15 is 0 Å². The van der Waals surface area contributed by atoms with E-state index in [1.165, 1.54) is 11.1 Å². The quantitative estimate of drug-likeness (QED) is 0.852. The molecule has 0 saturated carbocycles. The van der Waals surface area contributed by atoms with Crippen molar-refractivity contribution in [2.75, 3.05) is 13.2 Å². The van der Waals surface area contributed by atoms with Crippen LogP contribution in [-0.2, 0) is 11.2 Å². The fraction of sp³-hybridized carbons (Fsp3) is 0.333. The number of hydrogen-bond acceptors (Lipinski definition) is 3. The molecule has 4 heteroatoms. The number of amides is 1. The van der Waals surface area contributed by atoms with E-state index < -0.39 is 0 Å². The van der Waals surface area contributed by atoms with Gasteiger partial charge in [0.1, 0.15) is 0 Å². The molecule has 1 aromatic carbocycles. The van der Waals surface area contributed by atoms with Crippen LogP contribution in [0.1, 0.15) is 35.2 Å². The molecule has 0 spiro atoms. The summed E-state index contributed by atoms with van der Waals surface area (Å²) in [6.07, 6.45) is 4.16. The summed E-state index contributed by atoms with van der Waals surface area (Å²) < 4.78 is 5.24. The third kappa shape index (κ3) is 2.69. The number of nitrogens with zero attached hydrogens (tertiary/aromatic N) is 2. The summed E-state index contributed by atoms with van der Waals surface area (Å²) in [5.74, 6) is 0. The van der Waals surface area contributed by atoms with Crippen molar-refractivity contribution in [3.8, 4) is 0 Å². The molecule has 22 heavy (non-hydrogen) atoms. The molecule has 114 valence electrons. The maximum Gasteiger partial charge on any atom is 0.410 e. The van der Waals surface area contributed by atoms with Gasteiger partial charge in [0.05, 0.1) is 12.6 Å². The minimum atomic E-state index is -0.262. The maximum absolute atomic E-state index is 12.3. The van der Waals surface area contributed by atoms with Crippen molar-refractivity contribution in [2.24, 2.45) is 0 Å². The number of aryl methyl sites for hydroxylation is 1. The minimum Gasteiger partial charge on any atom is -0.450 e. The summed E-state index contributed by atoms with van der Waals surface area (Å²) in [6, 6.07) is 10.2. The monoisotopic (exact) mass is 296 g/mol. The number of aromatic nitrogens is 1. The van der Waals surface area contributed by atoms with Crippen molar-refractivity contribution in [2.45, 2.75) is 26.3 Å². The van der Waals surface area contributed by atoms with E-state index in [1.54, 1.807) is 11.1 Å². The van der Waals surface area contributed by atoms with Crippen molar-refractivity contribution in [1.29, 1.82) is 0 Å². The lowest BCUT2D eigenvalue weighted by atomic mass is 9.88. The van der Waals surface area contributed by atoms with Gasteiger partial charge in [0.15, 0.2) is 0 Å². The van der Waals surface area contributed by atoms with Crippen molar-refractivity contribution in [3.63, 3.8) is 0 Å². The number of hydrogen-bond donors (Lipinski definition) is 0. The molecule has 0 aliphatic carbocycles. The van der Waals surface area contributed by atoms with Crippen LogP contribution in [0.4, 0.5) is 4.79 Å². The third-order valence-electron chi connectivity index (χ3n) is 4.03. The molecule has 2 aromatic rings. The molecule has 3 rings (SSSR count). The van der Waals surface area contributed by atoms with Crippen molar-refractivity contribution in [3.05, 3.63) is 65.0 Å². The van der Waals surface area contributed by atoms with Gasteiger partial charge in [0.2, 0.25) is 0 Å². The van der Waals surface area contributed by atoms with Gasteiger partial charge in [-0.3, -0.25) is 9.88 Å². The lowest BCUT2D eigenvalue weighted by molar-refractivity contribution is 0.0937. The van der Waals surface area contributed by atoms with E-state index in [1.807, 2.05) is 25.3 Å². The van der Waals surface area contributed by atoms with Crippen LogP contribution in [0.25, 0.3) is 0 Å². The van der Waals surface area contributed by atoms with Crippen LogP contribution in [0.5, 0.6) is 0 Å². The molecule has 1 aliphatic rings. The molecule has 0 saturated heterocycles. The summed E-state index contributed by atoms with van der Waals surface area (Å²) in [7, 11) is 0. The predicted molar refractivity (Wildman–Crippen MR) is 84.7 cm³/mol. The number of carbonyl (C=O) groups excluding carboxylic acids is 1. The molecule has 2 heterocycles. The molecule has 1 aliphatic heterocycles. The van der Waals surface area contributed by atoms with Crippen LogP contribution in [-0.4, -0.2) is 29.1 Å². The van der Waals surface area contributed by atoms with Gasteiger partial charge in [0.25, 0.3) is 0 Å². The molecule has 1 amide bonds. The van der Waals surface area contributed by atoms with Crippen LogP contribution in [0, 0.1) is 6.92 Å². The molecule has 0 N–H and O–H groups in total. The lowest BCUT2D eigenvalue weighted by Gasteiger charge is -2.36. The molecular formula is C18H20N2O2. The zero-order valence-electron chi connectivity index (χ0n) is 13.0. The van der Waals surface area contributed by atoms with Crippen LogP contribution >= 0.6 is 0 Å². The Kier molecular flexibility index (Phi) is 4.09. The van der Waals surface area contributed by atoms with E-state index in [0.29, 0.717) is 13.2 Å². The van der Waals surface area contributed by atoms with Crippen LogP contribution in [0.3, 0.4) is 0 Å². The Balaban J connectivity index is 2.06. The van der Waals surface area contributed by atoms with Gasteiger partial charge >= 0.3 is 6.09 Å². The average Bonchev–Trinajstić information content (AvgIpc) is 2.54. The first-order valence-electron chi connectivity index (χ1n) is 7.63. The Morgan fingerprint density at radius 3 is 3.00 bits per heavy atom. The van der Waals surface area contributed by atoms with E-state index in [2.05, 4.69) is 30.1 Å². The SMILES string of the molecule is CCOC(=O)N1CCc2cc(C)ccc2C1c1cccnc1. The topological polar surface area (TPSA) is 42.4 Å². The van der Waals surface area contributed by atoms with E-state index in [0.717, 1.165) is 17.5 Å². The smallest absolute Gasteiger partial charge is 0.410 e. The molecule has 0 radical (unpaired) electrons. The van der Waals surface area contributed by atoms with Gasteiger partial charge in [-0.05, 0) is 43.0 Å². The third-order valence-corrected chi connectivity index (χ3v) is 4.03. The second-order valence-corrected chi connectivity index (χ2v) is 5.53. The van der Waals surface area contributed by atoms with Gasteiger partial charge < -0.3 is 4.74 Å². The number of ether oxygens (including phenoxy) is 1. The van der Waals surface area contributed by atoms with Gasteiger partial charge in [-0.25, -0.2) is 4.79 Å². The van der Waals surface area contributed by atoms with Crippen LogP contribution in [0.2, 0.25) is 0 Å². The van der Waals surface area contributed by atoms with E-state index in [9.17, 15) is 4.79 Å². The summed E-state index contributed by atoms with van der Waals surface area (Å²) in [6.45, 7) is 4.97. The minimum absolute atomic E-state index is 0.128. The Morgan fingerprint density at radius 1 is 1.41 bits per heavy atom. The number of rotatable bonds is 2. The Bertz CT molecular complexity index is 670. The van der Waals surface area contributed by atoms with Crippen molar-refractivity contribution < 1.29 is 9.53 Å². The second kappa shape index (κ2) is 6.18. The Labute approximate surface area is 130 Å². The molecule has 0 fully saturated rings. The number of benzene rings is 1.